The van der Waals surface area contributed by atoms with E-state index in [9.17, 15) is 14.4 Å². The fourth-order valence-electron chi connectivity index (χ4n) is 1.08. The van der Waals surface area contributed by atoms with Crippen molar-refractivity contribution in [3.05, 3.63) is 0 Å². The van der Waals surface area contributed by atoms with Gasteiger partial charge in [-0.05, 0) is 6.42 Å². The van der Waals surface area contributed by atoms with Crippen molar-refractivity contribution in [2.45, 2.75) is 13.3 Å². The Hall–Kier alpha value is -2.19. The zero-order chi connectivity index (χ0) is 14.2. The molecule has 0 aromatic heterocycles. The van der Waals surface area contributed by atoms with Gasteiger partial charge in [0, 0.05) is 0 Å². The molecule has 0 atom stereocenters. The second kappa shape index (κ2) is 7.20. The van der Waals surface area contributed by atoms with Crippen molar-refractivity contribution in [1.82, 2.24) is 0 Å². The van der Waals surface area contributed by atoms with Crippen LogP contribution in [0.4, 0.5) is 14.4 Å². The third kappa shape index (κ3) is 6.40. The van der Waals surface area contributed by atoms with Crippen molar-refractivity contribution in [2.24, 2.45) is 5.41 Å². The summed E-state index contributed by atoms with van der Waals surface area (Å²) in [6.45, 7) is 0.305. The molecule has 0 aliphatic carbocycles. The van der Waals surface area contributed by atoms with Gasteiger partial charge in [0.25, 0.3) is 0 Å². The van der Waals surface area contributed by atoms with E-state index in [0.717, 1.165) is 0 Å². The summed E-state index contributed by atoms with van der Waals surface area (Å²) in [5, 5.41) is 25.2. The Balaban J connectivity index is 4.63. The Morgan fingerprint density at radius 1 is 0.833 bits per heavy atom. The molecule has 0 aromatic rings. The van der Waals surface area contributed by atoms with E-state index in [1.807, 2.05) is 0 Å². The van der Waals surface area contributed by atoms with Crippen molar-refractivity contribution >= 4 is 18.5 Å². The van der Waals surface area contributed by atoms with E-state index in [2.05, 4.69) is 14.2 Å². The maximum absolute atomic E-state index is 10.3. The smallest absolute Gasteiger partial charge is 0.450 e. The second-order valence-corrected chi connectivity index (χ2v) is 3.52. The molecule has 0 aliphatic rings. The van der Waals surface area contributed by atoms with E-state index in [0.29, 0.717) is 0 Å². The molecule has 0 bridgehead atoms. The Morgan fingerprint density at radius 3 is 1.28 bits per heavy atom. The molecule has 9 nitrogen and oxygen atoms in total. The van der Waals surface area contributed by atoms with Crippen LogP contribution < -0.4 is 0 Å². The summed E-state index contributed by atoms with van der Waals surface area (Å²) in [6.07, 6.45) is -4.46. The number of hydrogen-bond donors (Lipinski definition) is 3. The number of rotatable bonds is 7. The van der Waals surface area contributed by atoms with Gasteiger partial charge in [-0.25, -0.2) is 14.4 Å². The Bertz CT molecular complexity index is 266. The molecular formula is C9H14O9. The average molecular weight is 266 g/mol. The molecule has 0 amide bonds. The monoisotopic (exact) mass is 266 g/mol. The van der Waals surface area contributed by atoms with Crippen molar-refractivity contribution in [3.63, 3.8) is 0 Å². The lowest BCUT2D eigenvalue weighted by Gasteiger charge is -2.29. The molecule has 9 heteroatoms. The first-order valence-electron chi connectivity index (χ1n) is 4.88. The summed E-state index contributed by atoms with van der Waals surface area (Å²) in [7, 11) is 0. The summed E-state index contributed by atoms with van der Waals surface area (Å²) in [4.78, 5) is 30.9. The minimum atomic E-state index is -1.56. The van der Waals surface area contributed by atoms with E-state index in [1.165, 1.54) is 0 Å². The fraction of sp³-hybridized carbons (Fsp3) is 0.667. The maximum Gasteiger partial charge on any atom is 0.505 e. The molecule has 0 unspecified atom stereocenters. The van der Waals surface area contributed by atoms with Crippen LogP contribution in [0.1, 0.15) is 13.3 Å². The number of carbonyl (C=O) groups is 3. The zero-order valence-electron chi connectivity index (χ0n) is 9.62. The summed E-state index contributed by atoms with van der Waals surface area (Å²) in [5.74, 6) is 0. The van der Waals surface area contributed by atoms with Gasteiger partial charge in [-0.3, -0.25) is 0 Å². The van der Waals surface area contributed by atoms with Crippen LogP contribution in [0.5, 0.6) is 0 Å². The van der Waals surface area contributed by atoms with Crippen LogP contribution in [-0.2, 0) is 14.2 Å². The fourth-order valence-corrected chi connectivity index (χ4v) is 1.08. The van der Waals surface area contributed by atoms with Gasteiger partial charge in [0.2, 0.25) is 0 Å². The van der Waals surface area contributed by atoms with Crippen LogP contribution in [0.2, 0.25) is 0 Å². The molecule has 104 valence electrons. The first-order valence-corrected chi connectivity index (χ1v) is 4.88. The Labute approximate surface area is 102 Å². The molecule has 0 aromatic carbocycles. The third-order valence-corrected chi connectivity index (χ3v) is 2.26. The van der Waals surface area contributed by atoms with Gasteiger partial charge >= 0.3 is 18.5 Å². The molecule has 0 fully saturated rings. The minimum Gasteiger partial charge on any atom is -0.450 e. The molecule has 0 heterocycles. The highest BCUT2D eigenvalue weighted by Gasteiger charge is 2.34. The van der Waals surface area contributed by atoms with Crippen molar-refractivity contribution < 1.29 is 43.9 Å². The average Bonchev–Trinajstić information content (AvgIpc) is 2.28. The predicted molar refractivity (Wildman–Crippen MR) is 54.7 cm³/mol. The van der Waals surface area contributed by atoms with E-state index in [1.54, 1.807) is 6.92 Å². The summed E-state index contributed by atoms with van der Waals surface area (Å²) >= 11 is 0. The number of hydrogen-bond acceptors (Lipinski definition) is 6. The SMILES string of the molecule is CCC(COC(=O)O)(COC(=O)O)COC(=O)O. The Morgan fingerprint density at radius 2 is 1.11 bits per heavy atom. The van der Waals surface area contributed by atoms with E-state index in [-0.39, 0.29) is 6.42 Å². The second-order valence-electron chi connectivity index (χ2n) is 3.52. The van der Waals surface area contributed by atoms with Crippen LogP contribution in [0, 0.1) is 5.41 Å². The molecule has 3 N–H and O–H groups in total. The molecule has 0 radical (unpaired) electrons. The van der Waals surface area contributed by atoms with Gasteiger partial charge in [-0.15, -0.1) is 0 Å². The summed E-state index contributed by atoms with van der Waals surface area (Å²) in [6, 6.07) is 0. The minimum absolute atomic E-state index is 0.209. The van der Waals surface area contributed by atoms with Crippen LogP contribution in [-0.4, -0.2) is 53.6 Å². The Kier molecular flexibility index (Phi) is 6.32. The highest BCUT2D eigenvalue weighted by molar-refractivity contribution is 5.58. The molecule has 0 saturated carbocycles. The lowest BCUT2D eigenvalue weighted by atomic mass is 9.88. The topological polar surface area (TPSA) is 140 Å². The van der Waals surface area contributed by atoms with Gasteiger partial charge in [-0.2, -0.15) is 0 Å². The molecule has 0 rings (SSSR count). The quantitative estimate of drug-likeness (QED) is 0.461. The van der Waals surface area contributed by atoms with Gasteiger partial charge in [0.15, 0.2) is 0 Å². The predicted octanol–water partition coefficient (Wildman–Crippen LogP) is 1.47. The third-order valence-electron chi connectivity index (χ3n) is 2.26. The van der Waals surface area contributed by atoms with Crippen LogP contribution >= 0.6 is 0 Å². The lowest BCUT2D eigenvalue weighted by Crippen LogP contribution is -2.38. The normalized spacial score (nSPS) is 10.5. The lowest BCUT2D eigenvalue weighted by molar-refractivity contribution is -0.0420. The van der Waals surface area contributed by atoms with Crippen molar-refractivity contribution in [3.8, 4) is 0 Å². The molecule has 0 spiro atoms. The maximum atomic E-state index is 10.3. The van der Waals surface area contributed by atoms with Crippen LogP contribution in [0.25, 0.3) is 0 Å². The van der Waals surface area contributed by atoms with E-state index < -0.39 is 43.7 Å². The zero-order valence-corrected chi connectivity index (χ0v) is 9.62. The summed E-state index contributed by atoms with van der Waals surface area (Å²) < 4.78 is 13.0. The van der Waals surface area contributed by atoms with Crippen LogP contribution in [0.3, 0.4) is 0 Å². The first kappa shape index (κ1) is 15.8. The van der Waals surface area contributed by atoms with Crippen LogP contribution in [0.15, 0.2) is 0 Å². The molecule has 0 saturated heterocycles. The molecular weight excluding hydrogens is 252 g/mol. The largest absolute Gasteiger partial charge is 0.505 e. The molecule has 18 heavy (non-hydrogen) atoms. The standard InChI is InChI=1S/C9H14O9/c1-2-9(3-16-6(10)11,4-17-7(12)13)5-18-8(14)15/h2-5H2,1H3,(H,10,11)(H,12,13)(H,14,15). The summed E-state index contributed by atoms with van der Waals surface area (Å²) in [5.41, 5.74) is -1.17. The molecule has 0 aliphatic heterocycles. The van der Waals surface area contributed by atoms with E-state index in [4.69, 9.17) is 15.3 Å². The number of carboxylic acid groups (broad SMARTS) is 3. The number of ether oxygens (including phenoxy) is 3. The van der Waals surface area contributed by atoms with Gasteiger partial charge < -0.3 is 29.5 Å². The highest BCUT2D eigenvalue weighted by Crippen LogP contribution is 2.24. The van der Waals surface area contributed by atoms with Gasteiger partial charge in [0.05, 0.1) is 5.41 Å². The van der Waals surface area contributed by atoms with Gasteiger partial charge in [0.1, 0.15) is 19.8 Å². The van der Waals surface area contributed by atoms with E-state index >= 15 is 0 Å². The first-order chi connectivity index (χ1) is 8.31. The van der Waals surface area contributed by atoms with Crippen molar-refractivity contribution in [2.75, 3.05) is 19.8 Å². The highest BCUT2D eigenvalue weighted by atomic mass is 16.7. The van der Waals surface area contributed by atoms with Crippen molar-refractivity contribution in [1.29, 1.82) is 0 Å². The van der Waals surface area contributed by atoms with Gasteiger partial charge in [-0.1, -0.05) is 6.92 Å².